The van der Waals surface area contributed by atoms with E-state index >= 15 is 0 Å². The Kier molecular flexibility index (Phi) is 4.94. The molecule has 0 aliphatic rings. The summed E-state index contributed by atoms with van der Waals surface area (Å²) in [4.78, 5) is 13.4. The van der Waals surface area contributed by atoms with Crippen molar-refractivity contribution in [1.82, 2.24) is 14.7 Å². The highest BCUT2D eigenvalue weighted by molar-refractivity contribution is 5.94. The van der Waals surface area contributed by atoms with Crippen LogP contribution >= 0.6 is 0 Å². The maximum atomic E-state index is 11.3. The van der Waals surface area contributed by atoms with Crippen LogP contribution in [0.2, 0.25) is 0 Å². The summed E-state index contributed by atoms with van der Waals surface area (Å²) in [6.07, 6.45) is 0. The van der Waals surface area contributed by atoms with Crippen molar-refractivity contribution in [2.24, 2.45) is 13.0 Å². The van der Waals surface area contributed by atoms with E-state index in [1.807, 2.05) is 14.1 Å². The highest BCUT2D eigenvalue weighted by atomic mass is 16.4. The van der Waals surface area contributed by atoms with Crippen molar-refractivity contribution in [1.29, 1.82) is 0 Å². The van der Waals surface area contributed by atoms with Crippen LogP contribution in [0.4, 0.5) is 5.82 Å². The Balaban J connectivity index is 3.05. The van der Waals surface area contributed by atoms with E-state index in [-0.39, 0.29) is 11.6 Å². The van der Waals surface area contributed by atoms with Crippen molar-refractivity contribution < 1.29 is 9.90 Å². The third-order valence-corrected chi connectivity index (χ3v) is 3.12. The quantitative estimate of drug-likeness (QED) is 0.816. The summed E-state index contributed by atoms with van der Waals surface area (Å²) >= 11 is 0. The number of aromatic carboxylic acids is 1. The molecule has 1 atom stereocenters. The van der Waals surface area contributed by atoms with Gasteiger partial charge in [0, 0.05) is 19.6 Å². The number of nitrogens with zero attached hydrogens (tertiary/aromatic N) is 3. The van der Waals surface area contributed by atoms with Gasteiger partial charge >= 0.3 is 5.97 Å². The Morgan fingerprint density at radius 2 is 2.05 bits per heavy atom. The number of carbonyl (C=O) groups is 1. The summed E-state index contributed by atoms with van der Waals surface area (Å²) in [5, 5.41) is 16.8. The van der Waals surface area contributed by atoms with Crippen molar-refractivity contribution >= 4 is 11.8 Å². The first kappa shape index (κ1) is 15.5. The number of rotatable bonds is 6. The zero-order chi connectivity index (χ0) is 14.7. The average Bonchev–Trinajstić information content (AvgIpc) is 2.51. The zero-order valence-corrected chi connectivity index (χ0v) is 12.6. The van der Waals surface area contributed by atoms with Gasteiger partial charge in [-0.15, -0.1) is 0 Å². The number of likely N-dealkylation sites (N-methyl/N-ethyl adjacent to an activating group) is 1. The Hall–Kier alpha value is -1.56. The molecule has 0 radical (unpaired) electrons. The number of hydrogen-bond donors (Lipinski definition) is 2. The Bertz CT molecular complexity index is 452. The third kappa shape index (κ3) is 3.70. The normalized spacial score (nSPS) is 13.1. The lowest BCUT2D eigenvalue weighted by atomic mass is 10.0. The second-order valence-corrected chi connectivity index (χ2v) is 5.49. The van der Waals surface area contributed by atoms with Gasteiger partial charge in [-0.2, -0.15) is 5.10 Å². The Morgan fingerprint density at radius 1 is 1.47 bits per heavy atom. The lowest BCUT2D eigenvalue weighted by Gasteiger charge is -2.26. The summed E-state index contributed by atoms with van der Waals surface area (Å²) in [6.45, 7) is 6.78. The first-order chi connectivity index (χ1) is 8.73. The molecular formula is C13H24N4O2. The van der Waals surface area contributed by atoms with E-state index in [9.17, 15) is 9.90 Å². The molecule has 1 heterocycles. The number of aryl methyl sites for hydroxylation is 2. The molecule has 2 N–H and O–H groups in total. The Labute approximate surface area is 114 Å². The fourth-order valence-electron chi connectivity index (χ4n) is 2.07. The van der Waals surface area contributed by atoms with Gasteiger partial charge in [-0.1, -0.05) is 13.8 Å². The molecule has 0 amide bonds. The molecule has 0 fully saturated rings. The number of carboxylic acid groups (broad SMARTS) is 1. The van der Waals surface area contributed by atoms with Crippen LogP contribution < -0.4 is 5.32 Å². The molecule has 1 rings (SSSR count). The van der Waals surface area contributed by atoms with Crippen LogP contribution in [0, 0.1) is 12.8 Å². The number of hydrogen-bond acceptors (Lipinski definition) is 4. The zero-order valence-electron chi connectivity index (χ0n) is 12.6. The summed E-state index contributed by atoms with van der Waals surface area (Å²) in [6, 6.07) is 0.169. The summed E-state index contributed by atoms with van der Waals surface area (Å²) in [5.41, 5.74) is 0.789. The highest BCUT2D eigenvalue weighted by Crippen LogP contribution is 2.21. The SMILES string of the molecule is Cc1nn(C)c(NC(CN(C)C)C(C)C)c1C(=O)O. The molecule has 0 aromatic carbocycles. The largest absolute Gasteiger partial charge is 0.477 e. The minimum atomic E-state index is -0.944. The van der Waals surface area contributed by atoms with Gasteiger partial charge in [0.2, 0.25) is 0 Å². The summed E-state index contributed by atoms with van der Waals surface area (Å²) in [7, 11) is 5.77. The van der Waals surface area contributed by atoms with Gasteiger partial charge in [-0.25, -0.2) is 4.79 Å². The van der Waals surface area contributed by atoms with Crippen molar-refractivity contribution in [3.63, 3.8) is 0 Å². The fourth-order valence-corrected chi connectivity index (χ4v) is 2.07. The standard InChI is InChI=1S/C13H24N4O2/c1-8(2)10(7-16(4)5)14-12-11(13(18)19)9(3)15-17(12)6/h8,10,14H,7H2,1-6H3,(H,18,19). The molecule has 0 saturated heterocycles. The summed E-state index contributed by atoms with van der Waals surface area (Å²) < 4.78 is 1.60. The van der Waals surface area contributed by atoms with Crippen LogP contribution in [0.25, 0.3) is 0 Å². The molecule has 19 heavy (non-hydrogen) atoms. The molecule has 0 aliphatic heterocycles. The van der Waals surface area contributed by atoms with Crippen molar-refractivity contribution in [3.05, 3.63) is 11.3 Å². The van der Waals surface area contributed by atoms with E-state index in [2.05, 4.69) is 29.2 Å². The van der Waals surface area contributed by atoms with E-state index in [0.29, 0.717) is 17.4 Å². The topological polar surface area (TPSA) is 70.4 Å². The second-order valence-electron chi connectivity index (χ2n) is 5.49. The molecule has 1 aromatic rings. The molecule has 0 bridgehead atoms. The van der Waals surface area contributed by atoms with E-state index in [0.717, 1.165) is 6.54 Å². The van der Waals surface area contributed by atoms with Crippen LogP contribution in [0.15, 0.2) is 0 Å². The van der Waals surface area contributed by atoms with Gasteiger partial charge < -0.3 is 15.3 Å². The minimum Gasteiger partial charge on any atom is -0.477 e. The smallest absolute Gasteiger partial charge is 0.341 e. The van der Waals surface area contributed by atoms with Crippen LogP contribution in [-0.2, 0) is 7.05 Å². The second kappa shape index (κ2) is 6.06. The van der Waals surface area contributed by atoms with E-state index in [1.165, 1.54) is 0 Å². The van der Waals surface area contributed by atoms with Gasteiger partial charge in [0.05, 0.1) is 5.69 Å². The maximum absolute atomic E-state index is 11.3. The van der Waals surface area contributed by atoms with E-state index < -0.39 is 5.97 Å². The lowest BCUT2D eigenvalue weighted by Crippen LogP contribution is -2.37. The monoisotopic (exact) mass is 268 g/mol. The molecule has 1 aromatic heterocycles. The Morgan fingerprint density at radius 3 is 2.47 bits per heavy atom. The van der Waals surface area contributed by atoms with E-state index in [1.54, 1.807) is 18.7 Å². The molecule has 0 spiro atoms. The van der Waals surface area contributed by atoms with Crippen LogP contribution in [0.1, 0.15) is 29.9 Å². The average molecular weight is 268 g/mol. The van der Waals surface area contributed by atoms with Crippen LogP contribution in [0.5, 0.6) is 0 Å². The first-order valence-corrected chi connectivity index (χ1v) is 6.42. The van der Waals surface area contributed by atoms with Gasteiger partial charge in [0.15, 0.2) is 0 Å². The number of anilines is 1. The van der Waals surface area contributed by atoms with Crippen LogP contribution in [0.3, 0.4) is 0 Å². The van der Waals surface area contributed by atoms with Gasteiger partial charge in [-0.3, -0.25) is 4.68 Å². The number of aromatic nitrogens is 2. The molecule has 108 valence electrons. The first-order valence-electron chi connectivity index (χ1n) is 6.42. The number of nitrogens with one attached hydrogen (secondary N) is 1. The third-order valence-electron chi connectivity index (χ3n) is 3.12. The molecule has 0 saturated carbocycles. The molecule has 6 heteroatoms. The van der Waals surface area contributed by atoms with Gasteiger partial charge in [-0.05, 0) is 26.9 Å². The van der Waals surface area contributed by atoms with Crippen molar-refractivity contribution in [2.45, 2.75) is 26.8 Å². The predicted octanol–water partition coefficient (Wildman–Crippen LogP) is 1.42. The van der Waals surface area contributed by atoms with Crippen molar-refractivity contribution in [2.75, 3.05) is 26.0 Å². The van der Waals surface area contributed by atoms with Crippen LogP contribution in [-0.4, -0.2) is 52.4 Å². The highest BCUT2D eigenvalue weighted by Gasteiger charge is 2.23. The van der Waals surface area contributed by atoms with Crippen molar-refractivity contribution in [3.8, 4) is 0 Å². The summed E-state index contributed by atoms with van der Waals surface area (Å²) in [5.74, 6) is 0.0188. The van der Waals surface area contributed by atoms with E-state index in [4.69, 9.17) is 0 Å². The van der Waals surface area contributed by atoms with Gasteiger partial charge in [0.1, 0.15) is 11.4 Å². The number of carboxylic acids is 1. The minimum absolute atomic E-state index is 0.169. The molecule has 1 unspecified atom stereocenters. The molecule has 6 nitrogen and oxygen atoms in total. The maximum Gasteiger partial charge on any atom is 0.341 e. The molecule has 0 aliphatic carbocycles. The predicted molar refractivity (Wildman–Crippen MR) is 75.7 cm³/mol. The fraction of sp³-hybridized carbons (Fsp3) is 0.692. The van der Waals surface area contributed by atoms with Gasteiger partial charge in [0.25, 0.3) is 0 Å². The lowest BCUT2D eigenvalue weighted by molar-refractivity contribution is 0.0697. The molecular weight excluding hydrogens is 244 g/mol.